The molecule has 0 atom stereocenters. The number of nitrogens with one attached hydrogen (secondary N) is 2. The van der Waals surface area contributed by atoms with Gasteiger partial charge >= 0.3 is 0 Å². The van der Waals surface area contributed by atoms with Gasteiger partial charge in [0.2, 0.25) is 5.91 Å². The molecule has 0 saturated heterocycles. The molecule has 1 heterocycles. The Balaban J connectivity index is 2.28. The number of aryl methyl sites for hydroxylation is 1. The Kier molecular flexibility index (Phi) is 4.90. The molecule has 0 aromatic carbocycles. The van der Waals surface area contributed by atoms with Crippen molar-refractivity contribution < 1.29 is 4.79 Å². The van der Waals surface area contributed by atoms with Gasteiger partial charge in [-0.15, -0.1) is 0 Å². The van der Waals surface area contributed by atoms with Crippen LogP contribution < -0.4 is 10.6 Å². The van der Waals surface area contributed by atoms with E-state index in [0.717, 1.165) is 19.5 Å². The third-order valence-corrected chi connectivity index (χ3v) is 2.19. The van der Waals surface area contributed by atoms with E-state index in [1.165, 1.54) is 5.56 Å². The fourth-order valence-electron chi connectivity index (χ4n) is 1.40. The molecule has 2 N–H and O–H groups in total. The summed E-state index contributed by atoms with van der Waals surface area (Å²) < 4.78 is 2.16. The number of nitrogens with zero attached hydrogens (tertiary/aromatic N) is 1. The molecule has 0 fully saturated rings. The highest BCUT2D eigenvalue weighted by atomic mass is 16.1. The maximum atomic E-state index is 10.9. The van der Waals surface area contributed by atoms with Crippen LogP contribution >= 0.6 is 0 Å². The monoisotopic (exact) mass is 209 g/mol. The summed E-state index contributed by atoms with van der Waals surface area (Å²) in [5, 5.41) is 5.65. The maximum Gasteiger partial charge on any atom is 0.233 e. The summed E-state index contributed by atoms with van der Waals surface area (Å²) in [4.78, 5) is 10.9. The highest BCUT2D eigenvalue weighted by Crippen LogP contribution is 2.01. The normalized spacial score (nSPS) is 10.3. The summed E-state index contributed by atoms with van der Waals surface area (Å²) in [6, 6.07) is 2.08. The zero-order chi connectivity index (χ0) is 11.1. The first-order chi connectivity index (χ1) is 7.26. The van der Waals surface area contributed by atoms with Crippen LogP contribution in [0.5, 0.6) is 0 Å². The first kappa shape index (κ1) is 11.8. The average molecular weight is 209 g/mol. The molecule has 0 radical (unpaired) electrons. The number of likely N-dealkylation sites (N-methyl/N-ethyl adjacent to an activating group) is 1. The van der Waals surface area contributed by atoms with Crippen LogP contribution in [0, 0.1) is 0 Å². The van der Waals surface area contributed by atoms with E-state index in [1.807, 2.05) is 0 Å². The highest BCUT2D eigenvalue weighted by molar-refractivity contribution is 5.77. The molecule has 84 valence electrons. The lowest BCUT2D eigenvalue weighted by molar-refractivity contribution is -0.119. The molecule has 0 aliphatic rings. The molecule has 4 heteroatoms. The van der Waals surface area contributed by atoms with E-state index in [1.54, 1.807) is 7.05 Å². The number of rotatable bonds is 6. The topological polar surface area (TPSA) is 46.1 Å². The number of carbonyl (C=O) groups is 1. The number of hydrogen-bond donors (Lipinski definition) is 2. The van der Waals surface area contributed by atoms with Crippen LogP contribution in [0.1, 0.15) is 18.9 Å². The van der Waals surface area contributed by atoms with Crippen molar-refractivity contribution in [3.8, 4) is 0 Å². The van der Waals surface area contributed by atoms with E-state index in [2.05, 4.69) is 40.6 Å². The summed E-state index contributed by atoms with van der Waals surface area (Å²) in [5.74, 6) is 0.0167. The zero-order valence-corrected chi connectivity index (χ0v) is 9.42. The van der Waals surface area contributed by atoms with Crippen molar-refractivity contribution in [3.05, 3.63) is 24.0 Å². The van der Waals surface area contributed by atoms with Crippen molar-refractivity contribution in [1.82, 2.24) is 15.2 Å². The molecule has 0 saturated carbocycles. The van der Waals surface area contributed by atoms with Gasteiger partial charge in [0, 0.05) is 32.5 Å². The minimum absolute atomic E-state index is 0.0167. The number of aromatic nitrogens is 1. The Morgan fingerprint density at radius 2 is 2.33 bits per heavy atom. The standard InChI is InChI=1S/C11H19N3O/c1-3-5-14-6-4-10(9-14)7-13-8-11(15)12-2/h4,6,9,13H,3,5,7-8H2,1-2H3,(H,12,15). The van der Waals surface area contributed by atoms with Gasteiger partial charge < -0.3 is 15.2 Å². The Bertz CT molecular complexity index is 307. The largest absolute Gasteiger partial charge is 0.358 e. The van der Waals surface area contributed by atoms with Crippen LogP contribution in [0.4, 0.5) is 0 Å². The first-order valence-corrected chi connectivity index (χ1v) is 5.32. The molecule has 15 heavy (non-hydrogen) atoms. The van der Waals surface area contributed by atoms with E-state index < -0.39 is 0 Å². The fraction of sp³-hybridized carbons (Fsp3) is 0.545. The van der Waals surface area contributed by atoms with Crippen LogP contribution in [0.3, 0.4) is 0 Å². The van der Waals surface area contributed by atoms with E-state index >= 15 is 0 Å². The summed E-state index contributed by atoms with van der Waals surface area (Å²) in [6.45, 7) is 4.32. The van der Waals surface area contributed by atoms with E-state index in [0.29, 0.717) is 6.54 Å². The van der Waals surface area contributed by atoms with Crippen LogP contribution in [0.15, 0.2) is 18.5 Å². The quantitative estimate of drug-likeness (QED) is 0.725. The van der Waals surface area contributed by atoms with Crippen LogP contribution in [-0.4, -0.2) is 24.1 Å². The molecule has 0 spiro atoms. The number of carbonyl (C=O) groups excluding carboxylic acids is 1. The minimum atomic E-state index is 0.0167. The molecule has 1 aromatic heterocycles. The molecule has 1 amide bonds. The first-order valence-electron chi connectivity index (χ1n) is 5.32. The van der Waals surface area contributed by atoms with Gasteiger partial charge in [0.15, 0.2) is 0 Å². The third-order valence-electron chi connectivity index (χ3n) is 2.19. The van der Waals surface area contributed by atoms with Crippen LogP contribution in [-0.2, 0) is 17.9 Å². The Morgan fingerprint density at radius 3 is 3.00 bits per heavy atom. The summed E-state index contributed by atoms with van der Waals surface area (Å²) in [7, 11) is 1.64. The SMILES string of the molecule is CCCn1ccc(CNCC(=O)NC)c1. The van der Waals surface area contributed by atoms with Gasteiger partial charge in [-0.05, 0) is 18.1 Å². The van der Waals surface area contributed by atoms with Crippen molar-refractivity contribution in [1.29, 1.82) is 0 Å². The second kappa shape index (κ2) is 6.24. The van der Waals surface area contributed by atoms with Crippen molar-refractivity contribution >= 4 is 5.91 Å². The van der Waals surface area contributed by atoms with Gasteiger partial charge in [-0.25, -0.2) is 0 Å². The average Bonchev–Trinajstić information content (AvgIpc) is 2.66. The van der Waals surface area contributed by atoms with Gasteiger partial charge in [0.05, 0.1) is 6.54 Å². The van der Waals surface area contributed by atoms with Crippen molar-refractivity contribution in [2.75, 3.05) is 13.6 Å². The number of amides is 1. The molecule has 0 bridgehead atoms. The van der Waals surface area contributed by atoms with Crippen LogP contribution in [0.25, 0.3) is 0 Å². The zero-order valence-electron chi connectivity index (χ0n) is 9.42. The predicted octanol–water partition coefficient (Wildman–Crippen LogP) is 0.734. The molecular weight excluding hydrogens is 190 g/mol. The van der Waals surface area contributed by atoms with Gasteiger partial charge in [0.25, 0.3) is 0 Å². The molecule has 1 rings (SSSR count). The minimum Gasteiger partial charge on any atom is -0.358 e. The molecule has 1 aromatic rings. The van der Waals surface area contributed by atoms with Gasteiger partial charge in [-0.1, -0.05) is 6.92 Å². The third kappa shape index (κ3) is 4.16. The fourth-order valence-corrected chi connectivity index (χ4v) is 1.40. The lowest BCUT2D eigenvalue weighted by Gasteiger charge is -2.02. The molecule has 0 aliphatic carbocycles. The Hall–Kier alpha value is -1.29. The van der Waals surface area contributed by atoms with Gasteiger partial charge in [-0.2, -0.15) is 0 Å². The Labute approximate surface area is 90.7 Å². The summed E-state index contributed by atoms with van der Waals surface area (Å²) in [5.41, 5.74) is 1.22. The van der Waals surface area contributed by atoms with Crippen molar-refractivity contribution in [2.45, 2.75) is 26.4 Å². The van der Waals surface area contributed by atoms with Crippen LogP contribution in [0.2, 0.25) is 0 Å². The summed E-state index contributed by atoms with van der Waals surface area (Å²) >= 11 is 0. The summed E-state index contributed by atoms with van der Waals surface area (Å²) in [6.07, 6.45) is 5.32. The predicted molar refractivity (Wildman–Crippen MR) is 60.5 cm³/mol. The molecular formula is C11H19N3O. The smallest absolute Gasteiger partial charge is 0.233 e. The highest BCUT2D eigenvalue weighted by Gasteiger charge is 1.98. The van der Waals surface area contributed by atoms with E-state index in [-0.39, 0.29) is 5.91 Å². The van der Waals surface area contributed by atoms with Crippen molar-refractivity contribution in [2.24, 2.45) is 0 Å². The lowest BCUT2D eigenvalue weighted by atomic mass is 10.3. The molecule has 0 aliphatic heterocycles. The second-order valence-electron chi connectivity index (χ2n) is 3.53. The van der Waals surface area contributed by atoms with Gasteiger partial charge in [-0.3, -0.25) is 4.79 Å². The maximum absolute atomic E-state index is 10.9. The van der Waals surface area contributed by atoms with E-state index in [4.69, 9.17) is 0 Å². The van der Waals surface area contributed by atoms with E-state index in [9.17, 15) is 4.79 Å². The molecule has 4 nitrogen and oxygen atoms in total. The number of hydrogen-bond acceptors (Lipinski definition) is 2. The second-order valence-corrected chi connectivity index (χ2v) is 3.53. The Morgan fingerprint density at radius 1 is 1.53 bits per heavy atom. The van der Waals surface area contributed by atoms with Gasteiger partial charge in [0.1, 0.15) is 0 Å². The van der Waals surface area contributed by atoms with Crippen molar-refractivity contribution in [3.63, 3.8) is 0 Å². The molecule has 0 unspecified atom stereocenters. The lowest BCUT2D eigenvalue weighted by Crippen LogP contribution is -2.30.